The molecule has 2 nitrogen and oxygen atoms in total. The van der Waals surface area contributed by atoms with Gasteiger partial charge in [0.2, 0.25) is 0 Å². The number of hydrogen-bond donors (Lipinski definition) is 1. The second-order valence-electron chi connectivity index (χ2n) is 4.55. The Labute approximate surface area is 113 Å². The Morgan fingerprint density at radius 3 is 2.94 bits per heavy atom. The lowest BCUT2D eigenvalue weighted by atomic mass is 9.99. The molecule has 18 heavy (non-hydrogen) atoms. The zero-order chi connectivity index (χ0) is 12.8. The maximum atomic E-state index is 4.23. The first-order chi connectivity index (χ1) is 8.81. The normalized spacial score (nSPS) is 12.6. The maximum Gasteiger partial charge on any atom is 0.0335 e. The number of rotatable bonds is 6. The van der Waals surface area contributed by atoms with Crippen molar-refractivity contribution in [3.63, 3.8) is 0 Å². The maximum absolute atomic E-state index is 4.23. The highest BCUT2D eigenvalue weighted by Gasteiger charge is 2.11. The quantitative estimate of drug-likeness (QED) is 0.856. The molecule has 0 aliphatic rings. The third kappa shape index (κ3) is 3.40. The van der Waals surface area contributed by atoms with E-state index in [0.717, 1.165) is 6.42 Å². The molecule has 1 atom stereocenters. The minimum absolute atomic E-state index is 0.415. The molecule has 2 aromatic rings. The molecule has 0 radical (unpaired) electrons. The highest BCUT2D eigenvalue weighted by Crippen LogP contribution is 2.22. The smallest absolute Gasteiger partial charge is 0.0335 e. The topological polar surface area (TPSA) is 24.9 Å². The standard InChI is InChI=1S/C15H20N2S/c1-12-8-9-17-11-14(12)15(16-2)7-3-5-13-6-4-10-18-13/h4,6,8-11,15-16H,3,5,7H2,1-2H3. The summed E-state index contributed by atoms with van der Waals surface area (Å²) in [6.07, 6.45) is 7.38. The molecule has 0 fully saturated rings. The van der Waals surface area contributed by atoms with E-state index in [1.165, 1.54) is 28.8 Å². The number of nitrogens with one attached hydrogen (secondary N) is 1. The molecule has 0 bridgehead atoms. The average molecular weight is 260 g/mol. The molecule has 3 heteroatoms. The van der Waals surface area contributed by atoms with Crippen molar-refractivity contribution >= 4 is 11.3 Å². The summed E-state index contributed by atoms with van der Waals surface area (Å²) in [5.41, 5.74) is 2.65. The largest absolute Gasteiger partial charge is 0.313 e. The lowest BCUT2D eigenvalue weighted by Gasteiger charge is -2.18. The number of aromatic nitrogens is 1. The van der Waals surface area contributed by atoms with Crippen molar-refractivity contribution in [1.82, 2.24) is 10.3 Å². The van der Waals surface area contributed by atoms with E-state index in [4.69, 9.17) is 0 Å². The van der Waals surface area contributed by atoms with E-state index in [-0.39, 0.29) is 0 Å². The Kier molecular flexibility index (Phi) is 4.90. The minimum Gasteiger partial charge on any atom is -0.313 e. The Morgan fingerprint density at radius 1 is 1.39 bits per heavy atom. The van der Waals surface area contributed by atoms with Gasteiger partial charge in [0.05, 0.1) is 0 Å². The minimum atomic E-state index is 0.415. The van der Waals surface area contributed by atoms with Crippen molar-refractivity contribution in [2.75, 3.05) is 7.05 Å². The molecule has 96 valence electrons. The highest BCUT2D eigenvalue weighted by molar-refractivity contribution is 7.09. The van der Waals surface area contributed by atoms with E-state index in [1.807, 2.05) is 30.8 Å². The predicted molar refractivity (Wildman–Crippen MR) is 78.0 cm³/mol. The SMILES string of the molecule is CNC(CCCc1cccs1)c1cnccc1C. The second kappa shape index (κ2) is 6.66. The summed E-state index contributed by atoms with van der Waals surface area (Å²) >= 11 is 1.85. The van der Waals surface area contributed by atoms with Crippen molar-refractivity contribution in [2.24, 2.45) is 0 Å². The van der Waals surface area contributed by atoms with Crippen LogP contribution in [0.15, 0.2) is 36.0 Å². The van der Waals surface area contributed by atoms with Gasteiger partial charge in [-0.25, -0.2) is 0 Å². The number of pyridine rings is 1. The summed E-state index contributed by atoms with van der Waals surface area (Å²) in [4.78, 5) is 5.71. The fraction of sp³-hybridized carbons (Fsp3) is 0.400. The van der Waals surface area contributed by atoms with Gasteiger partial charge in [0.25, 0.3) is 0 Å². The second-order valence-corrected chi connectivity index (χ2v) is 5.58. The molecule has 1 N–H and O–H groups in total. The van der Waals surface area contributed by atoms with Crippen molar-refractivity contribution in [3.05, 3.63) is 52.0 Å². The molecular weight excluding hydrogens is 240 g/mol. The number of aryl methyl sites for hydroxylation is 2. The van der Waals surface area contributed by atoms with Gasteiger partial charge in [-0.05, 0) is 61.9 Å². The zero-order valence-corrected chi connectivity index (χ0v) is 11.8. The zero-order valence-electron chi connectivity index (χ0n) is 11.0. The van der Waals surface area contributed by atoms with Crippen LogP contribution in [0.3, 0.4) is 0 Å². The van der Waals surface area contributed by atoms with Gasteiger partial charge in [0, 0.05) is 23.3 Å². The lowest BCUT2D eigenvalue weighted by Crippen LogP contribution is -2.17. The van der Waals surface area contributed by atoms with Crippen LogP contribution >= 0.6 is 11.3 Å². The van der Waals surface area contributed by atoms with E-state index in [1.54, 1.807) is 0 Å². The third-order valence-electron chi connectivity index (χ3n) is 3.30. The summed E-state index contributed by atoms with van der Waals surface area (Å²) < 4.78 is 0. The van der Waals surface area contributed by atoms with Crippen LogP contribution in [0.5, 0.6) is 0 Å². The van der Waals surface area contributed by atoms with Crippen LogP contribution in [0.4, 0.5) is 0 Å². The Hall–Kier alpha value is -1.19. The van der Waals surface area contributed by atoms with Gasteiger partial charge in [-0.1, -0.05) is 6.07 Å². The fourth-order valence-corrected chi connectivity index (χ4v) is 2.98. The van der Waals surface area contributed by atoms with Gasteiger partial charge >= 0.3 is 0 Å². The Morgan fingerprint density at radius 2 is 2.28 bits per heavy atom. The summed E-state index contributed by atoms with van der Waals surface area (Å²) in [5, 5.41) is 5.55. The van der Waals surface area contributed by atoms with Crippen LogP contribution in [0, 0.1) is 6.92 Å². The van der Waals surface area contributed by atoms with E-state index in [9.17, 15) is 0 Å². The molecule has 0 saturated heterocycles. The molecule has 2 heterocycles. The van der Waals surface area contributed by atoms with Crippen LogP contribution < -0.4 is 5.32 Å². The number of hydrogen-bond acceptors (Lipinski definition) is 3. The van der Waals surface area contributed by atoms with Gasteiger partial charge in [0.15, 0.2) is 0 Å². The van der Waals surface area contributed by atoms with Crippen LogP contribution in [0.2, 0.25) is 0 Å². The predicted octanol–water partition coefficient (Wildman–Crippen LogP) is 3.73. The van der Waals surface area contributed by atoms with Crippen LogP contribution in [0.1, 0.15) is 34.9 Å². The molecule has 0 saturated carbocycles. The van der Waals surface area contributed by atoms with Gasteiger partial charge in [-0.2, -0.15) is 0 Å². The Balaban J connectivity index is 1.91. The van der Waals surface area contributed by atoms with Gasteiger partial charge in [-0.15, -0.1) is 11.3 Å². The molecule has 0 spiro atoms. The van der Waals surface area contributed by atoms with Gasteiger partial charge in [0.1, 0.15) is 0 Å². The monoisotopic (exact) mass is 260 g/mol. The Bertz CT molecular complexity index is 465. The average Bonchev–Trinajstić information content (AvgIpc) is 2.89. The molecule has 1 unspecified atom stereocenters. The number of thiophene rings is 1. The summed E-state index contributed by atoms with van der Waals surface area (Å²) in [7, 11) is 2.03. The molecular formula is C15H20N2S. The first-order valence-electron chi connectivity index (χ1n) is 6.41. The third-order valence-corrected chi connectivity index (χ3v) is 4.24. The molecule has 2 rings (SSSR count). The van der Waals surface area contributed by atoms with Crippen molar-refractivity contribution in [1.29, 1.82) is 0 Å². The van der Waals surface area contributed by atoms with Crippen molar-refractivity contribution in [2.45, 2.75) is 32.2 Å². The van der Waals surface area contributed by atoms with Crippen LogP contribution in [-0.4, -0.2) is 12.0 Å². The van der Waals surface area contributed by atoms with Gasteiger partial charge in [-0.3, -0.25) is 4.98 Å². The first-order valence-corrected chi connectivity index (χ1v) is 7.29. The van der Waals surface area contributed by atoms with E-state index in [0.29, 0.717) is 6.04 Å². The van der Waals surface area contributed by atoms with Crippen LogP contribution in [-0.2, 0) is 6.42 Å². The number of nitrogens with zero attached hydrogens (tertiary/aromatic N) is 1. The molecule has 0 amide bonds. The molecule has 0 aliphatic heterocycles. The highest BCUT2D eigenvalue weighted by atomic mass is 32.1. The summed E-state index contributed by atoms with van der Waals surface area (Å²) in [5.74, 6) is 0. The van der Waals surface area contributed by atoms with Crippen LogP contribution in [0.25, 0.3) is 0 Å². The van der Waals surface area contributed by atoms with Crippen molar-refractivity contribution < 1.29 is 0 Å². The van der Waals surface area contributed by atoms with E-state index >= 15 is 0 Å². The lowest BCUT2D eigenvalue weighted by molar-refractivity contribution is 0.524. The van der Waals surface area contributed by atoms with E-state index in [2.05, 4.69) is 40.8 Å². The summed E-state index contributed by atoms with van der Waals surface area (Å²) in [6.45, 7) is 2.15. The molecule has 0 aromatic carbocycles. The fourth-order valence-electron chi connectivity index (χ4n) is 2.23. The van der Waals surface area contributed by atoms with Gasteiger partial charge < -0.3 is 5.32 Å². The van der Waals surface area contributed by atoms with Crippen molar-refractivity contribution in [3.8, 4) is 0 Å². The molecule has 0 aliphatic carbocycles. The summed E-state index contributed by atoms with van der Waals surface area (Å²) in [6, 6.07) is 6.84. The van der Waals surface area contributed by atoms with E-state index < -0.39 is 0 Å². The first kappa shape index (κ1) is 13.2. The molecule has 2 aromatic heterocycles.